The van der Waals surface area contributed by atoms with Crippen molar-refractivity contribution >= 4 is 20.7 Å². The molecule has 2 heterocycles. The fraction of sp³-hybridized carbons (Fsp3) is 0.294. The van der Waals surface area contributed by atoms with Gasteiger partial charge in [-0.25, -0.2) is 18.4 Å². The molecule has 0 unspecified atom stereocenters. The molecule has 0 atom stereocenters. The highest BCUT2D eigenvalue weighted by Crippen LogP contribution is 2.25. The Morgan fingerprint density at radius 3 is 2.70 bits per heavy atom. The van der Waals surface area contributed by atoms with E-state index in [9.17, 15) is 8.42 Å². The standard InChI is InChI=1S/C17H19N3O2S/c1-4-20-11-18-9-17(20)16-7-12(2)14-8-13(10-23(3,21)22)5-6-15(14)19-16/h5-9,11H,4,10H2,1-3H3. The summed E-state index contributed by atoms with van der Waals surface area (Å²) < 4.78 is 25.0. The van der Waals surface area contributed by atoms with Crippen molar-refractivity contribution < 1.29 is 8.42 Å². The van der Waals surface area contributed by atoms with E-state index in [1.54, 1.807) is 6.33 Å². The number of hydrogen-bond acceptors (Lipinski definition) is 4. The van der Waals surface area contributed by atoms with Crippen LogP contribution in [0.4, 0.5) is 0 Å². The van der Waals surface area contributed by atoms with E-state index >= 15 is 0 Å². The number of rotatable bonds is 4. The molecule has 0 aliphatic carbocycles. The van der Waals surface area contributed by atoms with E-state index in [0.717, 1.165) is 40.0 Å². The zero-order chi connectivity index (χ0) is 16.6. The van der Waals surface area contributed by atoms with Crippen molar-refractivity contribution in [2.45, 2.75) is 26.1 Å². The van der Waals surface area contributed by atoms with Gasteiger partial charge in [-0.05, 0) is 43.2 Å². The lowest BCUT2D eigenvalue weighted by Gasteiger charge is -2.09. The van der Waals surface area contributed by atoms with E-state index in [4.69, 9.17) is 4.98 Å². The molecule has 2 aromatic heterocycles. The van der Waals surface area contributed by atoms with Crippen molar-refractivity contribution in [3.63, 3.8) is 0 Å². The van der Waals surface area contributed by atoms with Gasteiger partial charge in [-0.3, -0.25) is 0 Å². The first kappa shape index (κ1) is 15.7. The Morgan fingerprint density at radius 1 is 1.22 bits per heavy atom. The highest BCUT2D eigenvalue weighted by atomic mass is 32.2. The second kappa shape index (κ2) is 5.77. The van der Waals surface area contributed by atoms with Crippen LogP contribution in [0.3, 0.4) is 0 Å². The minimum Gasteiger partial charge on any atom is -0.330 e. The van der Waals surface area contributed by atoms with Crippen LogP contribution in [0.25, 0.3) is 22.3 Å². The molecule has 23 heavy (non-hydrogen) atoms. The molecule has 0 radical (unpaired) electrons. The first-order valence-corrected chi connectivity index (χ1v) is 9.52. The van der Waals surface area contributed by atoms with Gasteiger partial charge in [0.2, 0.25) is 0 Å². The molecule has 5 nitrogen and oxygen atoms in total. The van der Waals surface area contributed by atoms with Gasteiger partial charge < -0.3 is 4.57 Å². The minimum atomic E-state index is -3.04. The van der Waals surface area contributed by atoms with Gasteiger partial charge in [0.25, 0.3) is 0 Å². The van der Waals surface area contributed by atoms with Gasteiger partial charge in [-0.1, -0.05) is 6.07 Å². The molecule has 0 spiro atoms. The van der Waals surface area contributed by atoms with Crippen molar-refractivity contribution in [1.29, 1.82) is 0 Å². The molecular weight excluding hydrogens is 310 g/mol. The van der Waals surface area contributed by atoms with E-state index in [-0.39, 0.29) is 5.75 Å². The molecule has 0 N–H and O–H groups in total. The van der Waals surface area contributed by atoms with Crippen LogP contribution in [-0.4, -0.2) is 29.2 Å². The molecule has 0 saturated heterocycles. The summed E-state index contributed by atoms with van der Waals surface area (Å²) in [6.07, 6.45) is 4.86. The maximum atomic E-state index is 11.5. The largest absolute Gasteiger partial charge is 0.330 e. The Hall–Kier alpha value is -2.21. The van der Waals surface area contributed by atoms with Crippen LogP contribution in [0.15, 0.2) is 36.8 Å². The van der Waals surface area contributed by atoms with Gasteiger partial charge in [0.1, 0.15) is 0 Å². The fourth-order valence-corrected chi connectivity index (χ4v) is 3.54. The van der Waals surface area contributed by atoms with Crippen LogP contribution in [0, 0.1) is 6.92 Å². The van der Waals surface area contributed by atoms with Crippen molar-refractivity contribution in [2.75, 3.05) is 6.26 Å². The van der Waals surface area contributed by atoms with Crippen LogP contribution < -0.4 is 0 Å². The van der Waals surface area contributed by atoms with E-state index in [1.165, 1.54) is 6.26 Å². The summed E-state index contributed by atoms with van der Waals surface area (Å²) in [5, 5.41) is 0.984. The smallest absolute Gasteiger partial charge is 0.151 e. The van der Waals surface area contributed by atoms with Gasteiger partial charge in [0.15, 0.2) is 9.84 Å². The highest BCUT2D eigenvalue weighted by Gasteiger charge is 2.11. The molecule has 1 aromatic carbocycles. The van der Waals surface area contributed by atoms with Gasteiger partial charge in [0.05, 0.1) is 35.2 Å². The number of nitrogens with zero attached hydrogens (tertiary/aromatic N) is 3. The third-order valence-corrected chi connectivity index (χ3v) is 4.68. The summed E-state index contributed by atoms with van der Waals surface area (Å²) in [4.78, 5) is 8.90. The fourth-order valence-electron chi connectivity index (χ4n) is 2.75. The van der Waals surface area contributed by atoms with Crippen LogP contribution in [0.5, 0.6) is 0 Å². The number of pyridine rings is 1. The summed E-state index contributed by atoms with van der Waals surface area (Å²) in [6.45, 7) is 4.92. The summed E-state index contributed by atoms with van der Waals surface area (Å²) in [6, 6.07) is 7.66. The Bertz CT molecular complexity index is 975. The number of hydrogen-bond donors (Lipinski definition) is 0. The van der Waals surface area contributed by atoms with Crippen LogP contribution in [0.2, 0.25) is 0 Å². The molecular formula is C17H19N3O2S. The number of sulfone groups is 1. The second-order valence-corrected chi connectivity index (χ2v) is 7.95. The van der Waals surface area contributed by atoms with Crippen molar-refractivity contribution in [2.24, 2.45) is 0 Å². The Morgan fingerprint density at radius 2 is 2.00 bits per heavy atom. The van der Waals surface area contributed by atoms with Crippen LogP contribution >= 0.6 is 0 Å². The molecule has 0 aliphatic rings. The normalized spacial score (nSPS) is 12.0. The lowest BCUT2D eigenvalue weighted by Crippen LogP contribution is -2.01. The first-order valence-electron chi connectivity index (χ1n) is 7.46. The first-order chi connectivity index (χ1) is 10.9. The van der Waals surface area contributed by atoms with Crippen molar-refractivity contribution in [3.05, 3.63) is 47.9 Å². The molecule has 120 valence electrons. The molecule has 0 amide bonds. The quantitative estimate of drug-likeness (QED) is 0.738. The van der Waals surface area contributed by atoms with Gasteiger partial charge in [-0.15, -0.1) is 0 Å². The van der Waals surface area contributed by atoms with Crippen LogP contribution in [-0.2, 0) is 22.1 Å². The number of benzene rings is 1. The molecule has 0 saturated carbocycles. The summed E-state index contributed by atoms with van der Waals surface area (Å²) in [5.74, 6) is 0.0483. The highest BCUT2D eigenvalue weighted by molar-refractivity contribution is 7.89. The maximum absolute atomic E-state index is 11.5. The third kappa shape index (κ3) is 3.27. The SMILES string of the molecule is CCn1cncc1-c1cc(C)c2cc(CS(C)(=O)=O)ccc2n1. The minimum absolute atomic E-state index is 0.0483. The molecule has 0 aliphatic heterocycles. The third-order valence-electron chi connectivity index (χ3n) is 3.82. The Balaban J connectivity index is 2.11. The van der Waals surface area contributed by atoms with Gasteiger partial charge in [0, 0.05) is 18.2 Å². The summed E-state index contributed by atoms with van der Waals surface area (Å²) in [7, 11) is -3.04. The second-order valence-electron chi connectivity index (χ2n) is 5.81. The van der Waals surface area contributed by atoms with E-state index in [2.05, 4.69) is 11.9 Å². The monoisotopic (exact) mass is 329 g/mol. The summed E-state index contributed by atoms with van der Waals surface area (Å²) in [5.41, 5.74) is 4.59. The number of imidazole rings is 1. The predicted octanol–water partition coefficient (Wildman–Crippen LogP) is 2.97. The molecule has 0 bridgehead atoms. The van der Waals surface area contributed by atoms with Gasteiger partial charge >= 0.3 is 0 Å². The Kier molecular flexibility index (Phi) is 3.93. The Labute approximate surface area is 135 Å². The average molecular weight is 329 g/mol. The lowest BCUT2D eigenvalue weighted by atomic mass is 10.1. The molecule has 0 fully saturated rings. The van der Waals surface area contributed by atoms with Crippen LogP contribution in [0.1, 0.15) is 18.1 Å². The molecule has 3 aromatic rings. The van der Waals surface area contributed by atoms with E-state index < -0.39 is 9.84 Å². The van der Waals surface area contributed by atoms with E-state index in [0.29, 0.717) is 0 Å². The zero-order valence-corrected chi connectivity index (χ0v) is 14.3. The molecule has 6 heteroatoms. The number of aromatic nitrogens is 3. The molecule has 3 rings (SSSR count). The maximum Gasteiger partial charge on any atom is 0.151 e. The zero-order valence-electron chi connectivity index (χ0n) is 13.4. The number of fused-ring (bicyclic) bond motifs is 1. The van der Waals surface area contributed by atoms with Gasteiger partial charge in [-0.2, -0.15) is 0 Å². The van der Waals surface area contributed by atoms with E-state index in [1.807, 2.05) is 42.0 Å². The predicted molar refractivity (Wildman–Crippen MR) is 91.9 cm³/mol. The lowest BCUT2D eigenvalue weighted by molar-refractivity contribution is 0.601. The topological polar surface area (TPSA) is 64.8 Å². The number of aryl methyl sites for hydroxylation is 2. The summed E-state index contributed by atoms with van der Waals surface area (Å²) >= 11 is 0. The van der Waals surface area contributed by atoms with Crippen molar-refractivity contribution in [3.8, 4) is 11.4 Å². The van der Waals surface area contributed by atoms with Crippen molar-refractivity contribution in [1.82, 2.24) is 14.5 Å². The average Bonchev–Trinajstić information content (AvgIpc) is 2.94.